The maximum atomic E-state index is 6.71. The van der Waals surface area contributed by atoms with Crippen LogP contribution >= 0.6 is 7.92 Å². The summed E-state index contributed by atoms with van der Waals surface area (Å²) in [6, 6.07) is 10.9. The number of hydrogen-bond donors (Lipinski definition) is 1. The van der Waals surface area contributed by atoms with E-state index in [4.69, 9.17) is 19.9 Å². The molecule has 2 fully saturated rings. The average Bonchev–Trinajstić information content (AvgIpc) is 3.11. The van der Waals surface area contributed by atoms with Gasteiger partial charge in [-0.3, -0.25) is 0 Å². The Morgan fingerprint density at radius 1 is 0.968 bits per heavy atom. The SMILES string of the molecule is COc1cc(C)c(C)c(N)c1-c1ccccc1P1C(C)(C)CC2(CC1(C)C)OCCO2. The van der Waals surface area contributed by atoms with E-state index >= 15 is 0 Å². The van der Waals surface area contributed by atoms with E-state index in [9.17, 15) is 0 Å². The minimum atomic E-state index is -0.558. The molecule has 2 saturated heterocycles. The lowest BCUT2D eigenvalue weighted by Gasteiger charge is -2.55. The summed E-state index contributed by atoms with van der Waals surface area (Å²) in [5.74, 6) is 0.396. The first-order chi connectivity index (χ1) is 14.5. The summed E-state index contributed by atoms with van der Waals surface area (Å²) in [7, 11) is 1.17. The topological polar surface area (TPSA) is 53.7 Å². The molecule has 5 heteroatoms. The molecular formula is C26H36NO3P. The lowest BCUT2D eigenvalue weighted by Crippen LogP contribution is -2.52. The van der Waals surface area contributed by atoms with Crippen molar-refractivity contribution in [2.45, 2.75) is 70.5 Å². The van der Waals surface area contributed by atoms with Gasteiger partial charge in [0.05, 0.1) is 20.3 Å². The van der Waals surface area contributed by atoms with Crippen LogP contribution in [0.3, 0.4) is 0 Å². The zero-order valence-corrected chi connectivity index (χ0v) is 20.9. The third-order valence-electron chi connectivity index (χ3n) is 6.92. The second kappa shape index (κ2) is 7.76. The lowest BCUT2D eigenvalue weighted by molar-refractivity contribution is -0.178. The highest BCUT2D eigenvalue weighted by atomic mass is 31.1. The predicted molar refractivity (Wildman–Crippen MR) is 131 cm³/mol. The maximum Gasteiger partial charge on any atom is 0.170 e. The smallest absolute Gasteiger partial charge is 0.170 e. The van der Waals surface area contributed by atoms with Crippen molar-refractivity contribution in [1.82, 2.24) is 0 Å². The van der Waals surface area contributed by atoms with Crippen molar-refractivity contribution in [2.24, 2.45) is 0 Å². The number of methoxy groups -OCH3 is 1. The summed E-state index contributed by atoms with van der Waals surface area (Å²) in [6.07, 6.45) is 1.81. The van der Waals surface area contributed by atoms with Gasteiger partial charge in [-0.05, 0) is 52.2 Å². The number of nitrogen functional groups attached to an aromatic ring is 1. The van der Waals surface area contributed by atoms with Crippen LogP contribution in [-0.2, 0) is 9.47 Å². The maximum absolute atomic E-state index is 6.71. The molecule has 4 nitrogen and oxygen atoms in total. The van der Waals surface area contributed by atoms with E-state index in [0.717, 1.165) is 41.0 Å². The minimum Gasteiger partial charge on any atom is -0.496 e. The van der Waals surface area contributed by atoms with Crippen LogP contribution in [0.5, 0.6) is 5.75 Å². The van der Waals surface area contributed by atoms with Gasteiger partial charge in [0.25, 0.3) is 0 Å². The summed E-state index contributed by atoms with van der Waals surface area (Å²) >= 11 is 0. The zero-order valence-electron chi connectivity index (χ0n) is 20.0. The number of aryl methyl sites for hydroxylation is 1. The number of nitrogens with two attached hydrogens (primary N) is 1. The standard InChI is InChI=1S/C26H36NO3P/c1-17-14-20(28-7)22(23(27)18(17)2)19-10-8-9-11-21(19)31-24(3,4)15-26(16-25(31,5)6)29-12-13-30-26/h8-11,14H,12-13,15-16,27H2,1-7H3. The summed E-state index contributed by atoms with van der Waals surface area (Å²) in [6.45, 7) is 15.1. The largest absolute Gasteiger partial charge is 0.496 e. The second-order valence-electron chi connectivity index (χ2n) is 10.2. The molecule has 0 bridgehead atoms. The Morgan fingerprint density at radius 3 is 2.13 bits per heavy atom. The van der Waals surface area contributed by atoms with E-state index in [0.29, 0.717) is 13.2 Å². The fourth-order valence-electron chi connectivity index (χ4n) is 5.94. The Morgan fingerprint density at radius 2 is 1.55 bits per heavy atom. The Bertz CT molecular complexity index is 972. The van der Waals surface area contributed by atoms with Crippen LogP contribution in [0.25, 0.3) is 11.1 Å². The van der Waals surface area contributed by atoms with Gasteiger partial charge in [-0.2, -0.15) is 0 Å². The van der Waals surface area contributed by atoms with Gasteiger partial charge in [0.1, 0.15) is 5.75 Å². The monoisotopic (exact) mass is 441 g/mol. The first kappa shape index (κ1) is 22.6. The molecule has 2 aliphatic rings. The second-order valence-corrected chi connectivity index (χ2v) is 13.8. The quantitative estimate of drug-likeness (QED) is 0.486. The molecule has 168 valence electrons. The van der Waals surface area contributed by atoms with E-state index in [-0.39, 0.29) is 10.3 Å². The van der Waals surface area contributed by atoms with Gasteiger partial charge in [-0.1, -0.05) is 59.9 Å². The first-order valence-corrected chi connectivity index (χ1v) is 12.5. The molecule has 0 aromatic heterocycles. The van der Waals surface area contributed by atoms with Crippen molar-refractivity contribution in [2.75, 3.05) is 26.1 Å². The highest BCUT2D eigenvalue weighted by Gasteiger charge is 2.57. The Labute approximate surface area is 188 Å². The van der Waals surface area contributed by atoms with Crippen molar-refractivity contribution < 1.29 is 14.2 Å². The van der Waals surface area contributed by atoms with Gasteiger partial charge in [0.2, 0.25) is 0 Å². The average molecular weight is 442 g/mol. The molecule has 2 aliphatic heterocycles. The molecule has 2 aromatic rings. The van der Waals surface area contributed by atoms with E-state index in [1.165, 1.54) is 10.9 Å². The summed E-state index contributed by atoms with van der Waals surface area (Å²) in [5.41, 5.74) is 12.0. The highest BCUT2D eigenvalue weighted by molar-refractivity contribution is 7.69. The molecule has 0 atom stereocenters. The predicted octanol–water partition coefficient (Wildman–Crippen LogP) is 5.76. The van der Waals surface area contributed by atoms with Crippen LogP contribution in [0.2, 0.25) is 0 Å². The molecule has 4 rings (SSSR count). The molecule has 2 N–H and O–H groups in total. The van der Waals surface area contributed by atoms with Crippen LogP contribution in [0.1, 0.15) is 51.7 Å². The Kier molecular flexibility index (Phi) is 5.65. The van der Waals surface area contributed by atoms with Gasteiger partial charge >= 0.3 is 0 Å². The van der Waals surface area contributed by atoms with Crippen LogP contribution in [0.15, 0.2) is 30.3 Å². The van der Waals surface area contributed by atoms with Crippen LogP contribution in [-0.4, -0.2) is 36.4 Å². The molecule has 2 aromatic carbocycles. The fourth-order valence-corrected chi connectivity index (χ4v) is 10.3. The van der Waals surface area contributed by atoms with Crippen molar-refractivity contribution in [3.63, 3.8) is 0 Å². The summed E-state index contributed by atoms with van der Waals surface area (Å²) in [5, 5.41) is 1.46. The van der Waals surface area contributed by atoms with E-state index < -0.39 is 13.7 Å². The third-order valence-corrected chi connectivity index (χ3v) is 10.5. The fraction of sp³-hybridized carbons (Fsp3) is 0.538. The summed E-state index contributed by atoms with van der Waals surface area (Å²) < 4.78 is 18.2. The number of ether oxygens (including phenoxy) is 3. The molecule has 31 heavy (non-hydrogen) atoms. The van der Waals surface area contributed by atoms with Gasteiger partial charge in [0.15, 0.2) is 5.79 Å². The highest BCUT2D eigenvalue weighted by Crippen LogP contribution is 2.69. The van der Waals surface area contributed by atoms with Crippen LogP contribution in [0.4, 0.5) is 5.69 Å². The first-order valence-electron chi connectivity index (χ1n) is 11.1. The van der Waals surface area contributed by atoms with Crippen molar-refractivity contribution in [3.05, 3.63) is 41.5 Å². The van der Waals surface area contributed by atoms with Gasteiger partial charge in [-0.15, -0.1) is 0 Å². The van der Waals surface area contributed by atoms with Gasteiger partial charge in [-0.25, -0.2) is 0 Å². The molecule has 0 unspecified atom stereocenters. The molecular weight excluding hydrogens is 405 g/mol. The van der Waals surface area contributed by atoms with Crippen molar-refractivity contribution >= 4 is 18.9 Å². The summed E-state index contributed by atoms with van der Waals surface area (Å²) in [4.78, 5) is 0. The van der Waals surface area contributed by atoms with E-state index in [1.54, 1.807) is 7.11 Å². The number of benzene rings is 2. The molecule has 0 saturated carbocycles. The van der Waals surface area contributed by atoms with Gasteiger partial charge in [0, 0.05) is 24.1 Å². The van der Waals surface area contributed by atoms with Crippen molar-refractivity contribution in [1.29, 1.82) is 0 Å². The van der Waals surface area contributed by atoms with Crippen LogP contribution < -0.4 is 15.8 Å². The van der Waals surface area contributed by atoms with Crippen molar-refractivity contribution in [3.8, 4) is 16.9 Å². The molecule has 1 spiro atoms. The third kappa shape index (κ3) is 3.77. The normalized spacial score (nSPS) is 22.0. The Balaban J connectivity index is 1.90. The minimum absolute atomic E-state index is 0.0409. The number of anilines is 1. The van der Waals surface area contributed by atoms with Crippen LogP contribution in [0, 0.1) is 13.8 Å². The molecule has 0 radical (unpaired) electrons. The Hall–Kier alpha value is -1.61. The molecule has 0 amide bonds. The number of hydrogen-bond acceptors (Lipinski definition) is 4. The molecule has 0 aliphatic carbocycles. The number of rotatable bonds is 3. The van der Waals surface area contributed by atoms with E-state index in [1.807, 2.05) is 0 Å². The lowest BCUT2D eigenvalue weighted by atomic mass is 9.91. The van der Waals surface area contributed by atoms with Gasteiger partial charge < -0.3 is 19.9 Å². The molecule has 2 heterocycles. The van der Waals surface area contributed by atoms with E-state index in [2.05, 4.69) is 71.9 Å². The zero-order chi connectivity index (χ0) is 22.6.